The minimum Gasteiger partial charge on any atom is -0.503 e. The van der Waals surface area contributed by atoms with E-state index in [1.54, 1.807) is 42.5 Å². The van der Waals surface area contributed by atoms with Crippen molar-refractivity contribution in [2.24, 2.45) is 0 Å². The summed E-state index contributed by atoms with van der Waals surface area (Å²) >= 11 is 7.48. The molecule has 2 aromatic carbocycles. The van der Waals surface area contributed by atoms with Gasteiger partial charge in [0.15, 0.2) is 16.7 Å². The number of rotatable bonds is 6. The van der Waals surface area contributed by atoms with Crippen molar-refractivity contribution in [1.82, 2.24) is 4.98 Å². The highest BCUT2D eigenvalue weighted by atomic mass is 35.5. The summed E-state index contributed by atoms with van der Waals surface area (Å²) in [6.07, 6.45) is 1.36. The van der Waals surface area contributed by atoms with Crippen LogP contribution >= 0.6 is 22.9 Å². The van der Waals surface area contributed by atoms with Gasteiger partial charge in [-0.3, -0.25) is 14.5 Å². The summed E-state index contributed by atoms with van der Waals surface area (Å²) in [7, 11) is 0. The lowest BCUT2D eigenvalue weighted by Crippen LogP contribution is -2.30. The Bertz CT molecular complexity index is 1410. The first-order valence-electron chi connectivity index (χ1n) is 10.1. The second kappa shape index (κ2) is 8.38. The lowest BCUT2D eigenvalue weighted by atomic mass is 9.95. The summed E-state index contributed by atoms with van der Waals surface area (Å²) in [6, 6.07) is 14.4. The second-order valence-electron chi connectivity index (χ2n) is 7.26. The monoisotopic (exact) mass is 480 g/mol. The molecule has 2 aromatic heterocycles. The summed E-state index contributed by atoms with van der Waals surface area (Å²) in [6.45, 7) is 2.42. The van der Waals surface area contributed by atoms with E-state index < -0.39 is 23.5 Å². The maximum atomic E-state index is 13.2. The highest BCUT2D eigenvalue weighted by Crippen LogP contribution is 2.44. The first-order valence-corrected chi connectivity index (χ1v) is 11.3. The summed E-state index contributed by atoms with van der Waals surface area (Å²) in [5.74, 6) is -1.24. The van der Waals surface area contributed by atoms with Crippen LogP contribution in [0.5, 0.6) is 5.75 Å². The van der Waals surface area contributed by atoms with Crippen LogP contribution in [0.2, 0.25) is 5.02 Å². The van der Waals surface area contributed by atoms with Crippen molar-refractivity contribution in [2.75, 3.05) is 11.5 Å². The number of anilines is 1. The van der Waals surface area contributed by atoms with Crippen molar-refractivity contribution in [2.45, 2.75) is 13.0 Å². The Balaban J connectivity index is 1.65. The third kappa shape index (κ3) is 3.67. The van der Waals surface area contributed by atoms with Gasteiger partial charge in [-0.1, -0.05) is 35.1 Å². The summed E-state index contributed by atoms with van der Waals surface area (Å²) in [5.41, 5.74) is 1.14. The molecule has 7 nitrogen and oxygen atoms in total. The maximum absolute atomic E-state index is 13.2. The minimum absolute atomic E-state index is 0.0175. The van der Waals surface area contributed by atoms with Gasteiger partial charge in [0.1, 0.15) is 5.75 Å². The molecule has 4 aromatic rings. The van der Waals surface area contributed by atoms with Gasteiger partial charge in [0.05, 0.1) is 34.7 Å². The van der Waals surface area contributed by atoms with E-state index in [0.717, 1.165) is 4.70 Å². The molecule has 0 fully saturated rings. The summed E-state index contributed by atoms with van der Waals surface area (Å²) in [4.78, 5) is 32.4. The van der Waals surface area contributed by atoms with Crippen LogP contribution in [0.1, 0.15) is 29.1 Å². The normalized spacial score (nSPS) is 16.1. The summed E-state index contributed by atoms with van der Waals surface area (Å²) < 4.78 is 11.6. The first-order chi connectivity index (χ1) is 16.0. The number of aromatic nitrogens is 1. The van der Waals surface area contributed by atoms with Crippen molar-refractivity contribution in [1.29, 1.82) is 0 Å². The van der Waals surface area contributed by atoms with Gasteiger partial charge < -0.3 is 14.3 Å². The van der Waals surface area contributed by atoms with Gasteiger partial charge in [-0.25, -0.2) is 4.98 Å². The van der Waals surface area contributed by atoms with Crippen LogP contribution < -0.4 is 9.64 Å². The molecule has 1 atom stereocenters. The highest BCUT2D eigenvalue weighted by Gasteiger charge is 2.46. The van der Waals surface area contributed by atoms with Crippen molar-refractivity contribution in [3.8, 4) is 5.75 Å². The molecule has 0 aliphatic carbocycles. The standard InChI is InChI=1S/C24H17ClN2O5S/c1-2-31-15-8-9-16-18(12-15)33-24(26-16)27-20(13-5-3-6-14(25)11-13)19(22(29)23(27)30)21(28)17-7-4-10-32-17/h3-12,20,29H,2H2,1H3/t20-/m1/s1. The largest absolute Gasteiger partial charge is 0.503 e. The smallest absolute Gasteiger partial charge is 0.296 e. The first kappa shape index (κ1) is 21.2. The number of hydrogen-bond donors (Lipinski definition) is 1. The molecule has 0 radical (unpaired) electrons. The fourth-order valence-electron chi connectivity index (χ4n) is 3.82. The van der Waals surface area contributed by atoms with E-state index in [1.165, 1.54) is 28.6 Å². The van der Waals surface area contributed by atoms with Crippen LogP contribution in [0.25, 0.3) is 10.2 Å². The van der Waals surface area contributed by atoms with Crippen molar-refractivity contribution in [3.05, 3.63) is 88.5 Å². The molecule has 3 heterocycles. The van der Waals surface area contributed by atoms with Crippen LogP contribution in [-0.2, 0) is 4.79 Å². The average molecular weight is 481 g/mol. The number of furan rings is 1. The number of carbonyl (C=O) groups is 2. The molecular formula is C24H17ClN2O5S. The van der Waals surface area contributed by atoms with Gasteiger partial charge in [-0.2, -0.15) is 0 Å². The Kier molecular flexibility index (Phi) is 5.39. The van der Waals surface area contributed by atoms with Crippen LogP contribution in [-0.4, -0.2) is 28.4 Å². The molecule has 0 saturated carbocycles. The van der Waals surface area contributed by atoms with Gasteiger partial charge in [0.25, 0.3) is 5.91 Å². The zero-order chi connectivity index (χ0) is 23.1. The number of aliphatic hydroxyl groups excluding tert-OH is 1. The molecule has 9 heteroatoms. The fraction of sp³-hybridized carbons (Fsp3) is 0.125. The van der Waals surface area contributed by atoms with Crippen molar-refractivity contribution >= 4 is 50.0 Å². The number of thiazole rings is 1. The van der Waals surface area contributed by atoms with E-state index in [-0.39, 0.29) is 11.3 Å². The molecule has 166 valence electrons. The molecule has 5 rings (SSSR count). The number of aliphatic hydroxyl groups is 1. The molecule has 33 heavy (non-hydrogen) atoms. The number of Topliss-reactive ketones (excluding diaryl/α,β-unsaturated/α-hetero) is 1. The Morgan fingerprint density at radius 2 is 2.09 bits per heavy atom. The molecule has 1 aliphatic heterocycles. The Hall–Kier alpha value is -3.62. The van der Waals surface area contributed by atoms with Gasteiger partial charge in [0.2, 0.25) is 5.78 Å². The molecule has 0 bridgehead atoms. The lowest BCUT2D eigenvalue weighted by Gasteiger charge is -2.24. The number of fused-ring (bicyclic) bond motifs is 1. The lowest BCUT2D eigenvalue weighted by molar-refractivity contribution is -0.117. The number of ether oxygens (including phenoxy) is 1. The Morgan fingerprint density at radius 3 is 2.82 bits per heavy atom. The Morgan fingerprint density at radius 1 is 1.24 bits per heavy atom. The number of benzene rings is 2. The zero-order valence-corrected chi connectivity index (χ0v) is 18.9. The maximum Gasteiger partial charge on any atom is 0.296 e. The molecule has 0 spiro atoms. The van der Waals surface area contributed by atoms with E-state index in [2.05, 4.69) is 4.98 Å². The average Bonchev–Trinajstić information content (AvgIpc) is 3.52. The van der Waals surface area contributed by atoms with Crippen molar-refractivity contribution < 1.29 is 23.8 Å². The van der Waals surface area contributed by atoms with E-state index >= 15 is 0 Å². The quantitative estimate of drug-likeness (QED) is 0.354. The van der Waals surface area contributed by atoms with Gasteiger partial charge in [-0.15, -0.1) is 0 Å². The van der Waals surface area contributed by atoms with Gasteiger partial charge in [-0.05, 0) is 55.0 Å². The number of nitrogens with zero attached hydrogens (tertiary/aromatic N) is 2. The van der Waals surface area contributed by atoms with Crippen LogP contribution in [0, 0.1) is 0 Å². The number of ketones is 1. The fourth-order valence-corrected chi connectivity index (χ4v) is 5.04. The highest BCUT2D eigenvalue weighted by molar-refractivity contribution is 7.22. The molecular weight excluding hydrogens is 464 g/mol. The third-order valence-electron chi connectivity index (χ3n) is 5.23. The van der Waals surface area contributed by atoms with E-state index in [9.17, 15) is 14.7 Å². The second-order valence-corrected chi connectivity index (χ2v) is 8.71. The predicted octanol–water partition coefficient (Wildman–Crippen LogP) is 5.72. The third-order valence-corrected chi connectivity index (χ3v) is 6.48. The van der Waals surface area contributed by atoms with Crippen LogP contribution in [0.4, 0.5) is 5.13 Å². The molecule has 1 aliphatic rings. The number of carbonyl (C=O) groups excluding carboxylic acids is 2. The number of halogens is 1. The van der Waals surface area contributed by atoms with E-state index in [4.69, 9.17) is 20.8 Å². The van der Waals surface area contributed by atoms with Crippen molar-refractivity contribution in [3.63, 3.8) is 0 Å². The summed E-state index contributed by atoms with van der Waals surface area (Å²) in [5, 5.41) is 11.6. The van der Waals surface area contributed by atoms with Crippen LogP contribution in [0.15, 0.2) is 76.6 Å². The SMILES string of the molecule is CCOc1ccc2nc(N3C(=O)C(O)=C(C(=O)c4ccco4)[C@H]3c3cccc(Cl)c3)sc2c1. The predicted molar refractivity (Wildman–Crippen MR) is 125 cm³/mol. The van der Waals surface area contributed by atoms with Gasteiger partial charge >= 0.3 is 0 Å². The zero-order valence-electron chi connectivity index (χ0n) is 17.3. The van der Waals surface area contributed by atoms with E-state index in [0.29, 0.717) is 33.6 Å². The molecule has 1 amide bonds. The minimum atomic E-state index is -0.930. The molecule has 0 saturated heterocycles. The number of amides is 1. The number of hydrogen-bond acceptors (Lipinski definition) is 7. The van der Waals surface area contributed by atoms with Gasteiger partial charge in [0, 0.05) is 5.02 Å². The topological polar surface area (TPSA) is 92.9 Å². The Labute approximate surface area is 197 Å². The van der Waals surface area contributed by atoms with E-state index in [1.807, 2.05) is 13.0 Å². The van der Waals surface area contributed by atoms with Crippen LogP contribution in [0.3, 0.4) is 0 Å². The molecule has 0 unspecified atom stereocenters. The molecule has 1 N–H and O–H groups in total.